The van der Waals surface area contributed by atoms with Crippen LogP contribution in [0.2, 0.25) is 5.02 Å². The fraction of sp³-hybridized carbons (Fsp3) is 0.333. The summed E-state index contributed by atoms with van der Waals surface area (Å²) in [4.78, 5) is 7.10. The number of piperidine rings is 1. The molecule has 1 N–H and O–H groups in total. The topological polar surface area (TPSA) is 45.5 Å². The zero-order valence-electron chi connectivity index (χ0n) is 13.9. The predicted molar refractivity (Wildman–Crippen MR) is 105 cm³/mol. The summed E-state index contributed by atoms with van der Waals surface area (Å²) < 4.78 is 2.77. The van der Waals surface area contributed by atoms with E-state index in [0.717, 1.165) is 53.1 Å². The van der Waals surface area contributed by atoms with E-state index in [-0.39, 0.29) is 0 Å². The molecule has 4 rings (SSSR count). The molecule has 1 fully saturated rings. The molecule has 0 radical (unpaired) electrons. The first-order valence-electron chi connectivity index (χ1n) is 8.38. The molecule has 0 aliphatic carbocycles. The zero-order chi connectivity index (χ0) is 17.4. The molecule has 0 unspecified atom stereocenters. The van der Waals surface area contributed by atoms with E-state index in [2.05, 4.69) is 44.4 Å². The lowest BCUT2D eigenvalue weighted by Crippen LogP contribution is -2.42. The highest BCUT2D eigenvalue weighted by molar-refractivity contribution is 9.10. The Bertz CT molecular complexity index is 904. The summed E-state index contributed by atoms with van der Waals surface area (Å²) >= 11 is 9.97. The lowest BCUT2D eigenvalue weighted by molar-refractivity contribution is 0.440. The third-order valence-electron chi connectivity index (χ3n) is 4.78. The van der Waals surface area contributed by atoms with Crippen molar-refractivity contribution in [2.75, 3.05) is 25.0 Å². The van der Waals surface area contributed by atoms with Crippen LogP contribution in [0, 0.1) is 0 Å². The van der Waals surface area contributed by atoms with Gasteiger partial charge in [-0.15, -0.1) is 0 Å². The average Bonchev–Trinajstić information content (AvgIpc) is 3.02. The molecule has 1 saturated heterocycles. The smallest absolute Gasteiger partial charge is 0.172 e. The summed E-state index contributed by atoms with van der Waals surface area (Å²) in [7, 11) is 2.14. The third kappa shape index (κ3) is 3.14. The number of benzene rings is 1. The van der Waals surface area contributed by atoms with Crippen molar-refractivity contribution in [1.29, 1.82) is 0 Å². The Hall–Kier alpha value is -1.63. The maximum atomic E-state index is 6.41. The number of fused-ring (bicyclic) bond motifs is 1. The van der Waals surface area contributed by atoms with Gasteiger partial charge in [-0.3, -0.25) is 0 Å². The quantitative estimate of drug-likeness (QED) is 0.695. The number of nitrogens with one attached hydrogen (secondary N) is 1. The van der Waals surface area contributed by atoms with Crippen LogP contribution in [0.5, 0.6) is 0 Å². The van der Waals surface area contributed by atoms with Gasteiger partial charge >= 0.3 is 0 Å². The van der Waals surface area contributed by atoms with E-state index in [1.165, 1.54) is 0 Å². The Kier molecular flexibility index (Phi) is 4.67. The highest BCUT2D eigenvalue weighted by Crippen LogP contribution is 2.32. The molecule has 5 nitrogen and oxygen atoms in total. The fourth-order valence-corrected chi connectivity index (χ4v) is 3.94. The van der Waals surface area contributed by atoms with Crippen molar-refractivity contribution in [3.63, 3.8) is 0 Å². The fourth-order valence-electron chi connectivity index (χ4n) is 3.36. The molecule has 2 aromatic heterocycles. The van der Waals surface area contributed by atoms with Crippen LogP contribution in [0.1, 0.15) is 12.8 Å². The molecule has 1 aromatic carbocycles. The van der Waals surface area contributed by atoms with Crippen LogP contribution in [0.4, 0.5) is 5.82 Å². The monoisotopic (exact) mass is 419 g/mol. The number of halogens is 2. The minimum atomic E-state index is 0.480. The number of rotatable bonds is 3. The Morgan fingerprint density at radius 2 is 2.04 bits per heavy atom. The van der Waals surface area contributed by atoms with Gasteiger partial charge in [-0.25, -0.2) is 4.98 Å². The lowest BCUT2D eigenvalue weighted by Gasteiger charge is -2.33. The van der Waals surface area contributed by atoms with Gasteiger partial charge in [0.05, 0.1) is 16.4 Å². The van der Waals surface area contributed by atoms with Crippen LogP contribution in [0.3, 0.4) is 0 Å². The first kappa shape index (κ1) is 16.8. The third-order valence-corrected chi connectivity index (χ3v) is 5.67. The summed E-state index contributed by atoms with van der Waals surface area (Å²) in [5.41, 5.74) is 2.59. The number of aromatic nitrogens is 3. The van der Waals surface area contributed by atoms with E-state index in [9.17, 15) is 0 Å². The molecule has 0 spiro atoms. The highest BCUT2D eigenvalue weighted by atomic mass is 79.9. The molecule has 0 amide bonds. The Balaban J connectivity index is 1.86. The predicted octanol–water partition coefficient (Wildman–Crippen LogP) is 4.00. The maximum absolute atomic E-state index is 6.41. The highest BCUT2D eigenvalue weighted by Gasteiger charge is 2.22. The summed E-state index contributed by atoms with van der Waals surface area (Å²) in [5, 5.41) is 8.63. The van der Waals surface area contributed by atoms with Gasteiger partial charge in [0.25, 0.3) is 0 Å². The normalized spacial score (nSPS) is 15.6. The van der Waals surface area contributed by atoms with Gasteiger partial charge in [-0.2, -0.15) is 9.61 Å². The molecule has 1 aliphatic heterocycles. The Morgan fingerprint density at radius 3 is 2.80 bits per heavy atom. The van der Waals surface area contributed by atoms with Crippen molar-refractivity contribution in [2.24, 2.45) is 0 Å². The summed E-state index contributed by atoms with van der Waals surface area (Å²) in [6, 6.07) is 10.4. The van der Waals surface area contributed by atoms with Crippen molar-refractivity contribution in [3.05, 3.63) is 46.0 Å². The van der Waals surface area contributed by atoms with Gasteiger partial charge in [-0.05, 0) is 47.9 Å². The van der Waals surface area contributed by atoms with Gasteiger partial charge in [0.15, 0.2) is 5.65 Å². The minimum absolute atomic E-state index is 0.480. The Labute approximate surface area is 160 Å². The first-order valence-corrected chi connectivity index (χ1v) is 9.55. The SMILES string of the molecule is CN(c1cc(-c2ccccc2Cl)nc2c(Br)cnn12)C1CCNCC1. The molecule has 3 aromatic rings. The molecule has 130 valence electrons. The van der Waals surface area contributed by atoms with Crippen LogP contribution >= 0.6 is 27.5 Å². The molecular formula is C18H19BrClN5. The average molecular weight is 421 g/mol. The maximum Gasteiger partial charge on any atom is 0.172 e. The van der Waals surface area contributed by atoms with E-state index in [0.29, 0.717) is 11.1 Å². The molecule has 0 bridgehead atoms. The molecule has 3 heterocycles. The second-order valence-electron chi connectivity index (χ2n) is 6.30. The lowest BCUT2D eigenvalue weighted by atomic mass is 10.1. The van der Waals surface area contributed by atoms with Crippen LogP contribution in [-0.4, -0.2) is 40.8 Å². The first-order chi connectivity index (χ1) is 12.1. The van der Waals surface area contributed by atoms with Crippen molar-refractivity contribution >= 4 is 39.0 Å². The molecular weight excluding hydrogens is 402 g/mol. The number of nitrogens with zero attached hydrogens (tertiary/aromatic N) is 4. The second-order valence-corrected chi connectivity index (χ2v) is 7.56. The zero-order valence-corrected chi connectivity index (χ0v) is 16.3. The van der Waals surface area contributed by atoms with E-state index < -0.39 is 0 Å². The number of hydrogen-bond donors (Lipinski definition) is 1. The van der Waals surface area contributed by atoms with Crippen LogP contribution in [0.15, 0.2) is 41.0 Å². The summed E-state index contributed by atoms with van der Waals surface area (Å²) in [5.74, 6) is 1.03. The van der Waals surface area contributed by atoms with E-state index in [1.807, 2.05) is 28.8 Å². The molecule has 0 atom stereocenters. The molecule has 7 heteroatoms. The second kappa shape index (κ2) is 6.94. The van der Waals surface area contributed by atoms with E-state index >= 15 is 0 Å². The molecule has 1 aliphatic rings. The molecule has 25 heavy (non-hydrogen) atoms. The van der Waals surface area contributed by atoms with Crippen molar-refractivity contribution in [1.82, 2.24) is 19.9 Å². The minimum Gasteiger partial charge on any atom is -0.356 e. The van der Waals surface area contributed by atoms with E-state index in [1.54, 1.807) is 6.20 Å². The molecule has 0 saturated carbocycles. The van der Waals surface area contributed by atoms with Gasteiger partial charge in [0.1, 0.15) is 5.82 Å². The van der Waals surface area contributed by atoms with Gasteiger partial charge < -0.3 is 10.2 Å². The summed E-state index contributed by atoms with van der Waals surface area (Å²) in [6.07, 6.45) is 4.02. The van der Waals surface area contributed by atoms with E-state index in [4.69, 9.17) is 16.6 Å². The number of hydrogen-bond acceptors (Lipinski definition) is 4. The van der Waals surface area contributed by atoms with Crippen LogP contribution < -0.4 is 10.2 Å². The van der Waals surface area contributed by atoms with Crippen molar-refractivity contribution in [3.8, 4) is 11.3 Å². The van der Waals surface area contributed by atoms with Crippen LogP contribution in [0.25, 0.3) is 16.9 Å². The van der Waals surface area contributed by atoms with Gasteiger partial charge in [0.2, 0.25) is 0 Å². The summed E-state index contributed by atoms with van der Waals surface area (Å²) in [6.45, 7) is 2.09. The van der Waals surface area contributed by atoms with Crippen molar-refractivity contribution in [2.45, 2.75) is 18.9 Å². The Morgan fingerprint density at radius 1 is 1.28 bits per heavy atom. The van der Waals surface area contributed by atoms with Gasteiger partial charge in [0, 0.05) is 29.7 Å². The standard InChI is InChI=1S/C18H19BrClN5/c1-24(12-6-8-21-9-7-12)17-10-16(13-4-2-3-5-15(13)20)23-18-14(19)11-22-25(17)18/h2-5,10-12,21H,6-9H2,1H3. The van der Waals surface area contributed by atoms with Crippen LogP contribution in [-0.2, 0) is 0 Å². The number of anilines is 1. The largest absolute Gasteiger partial charge is 0.356 e. The van der Waals surface area contributed by atoms with Crippen molar-refractivity contribution < 1.29 is 0 Å². The van der Waals surface area contributed by atoms with Gasteiger partial charge in [-0.1, -0.05) is 29.8 Å².